The predicted octanol–water partition coefficient (Wildman–Crippen LogP) is 2.06. The molecule has 1 unspecified atom stereocenters. The predicted molar refractivity (Wildman–Crippen MR) is 79.1 cm³/mol. The van der Waals surface area contributed by atoms with E-state index in [-0.39, 0.29) is 18.5 Å². The fourth-order valence-electron chi connectivity index (χ4n) is 2.37. The smallest absolute Gasteiger partial charge is 0.401 e. The fraction of sp³-hybridized carbons (Fsp3) is 0.500. The highest BCUT2D eigenvalue weighted by Crippen LogP contribution is 2.21. The van der Waals surface area contributed by atoms with Crippen molar-refractivity contribution in [3.05, 3.63) is 24.3 Å². The van der Waals surface area contributed by atoms with Gasteiger partial charge >= 0.3 is 6.18 Å². The molecule has 1 aliphatic rings. The molecule has 8 heteroatoms. The first-order chi connectivity index (χ1) is 10.4. The first kappa shape index (κ1) is 16.4. The number of anilines is 1. The number of aliphatic imine (C=N–C) groups is 1. The van der Waals surface area contributed by atoms with Gasteiger partial charge in [0.1, 0.15) is 5.75 Å². The molecule has 22 heavy (non-hydrogen) atoms. The van der Waals surface area contributed by atoms with Gasteiger partial charge < -0.3 is 15.8 Å². The van der Waals surface area contributed by atoms with Crippen LogP contribution in [0.25, 0.3) is 0 Å². The standard InChI is InChI=1S/C14H19F3N4O/c1-22-12-4-2-10(3-5-12)19-13(18)20-11-6-7-21(8-11)9-14(15,16)17/h2-5,11H,6-9H2,1H3,(H3,18,19,20). The molecule has 1 heterocycles. The van der Waals surface area contributed by atoms with E-state index in [4.69, 9.17) is 10.5 Å². The van der Waals surface area contributed by atoms with Crippen molar-refractivity contribution in [3.63, 3.8) is 0 Å². The molecular formula is C14H19F3N4O. The van der Waals surface area contributed by atoms with Gasteiger partial charge in [-0.2, -0.15) is 13.2 Å². The lowest BCUT2D eigenvalue weighted by molar-refractivity contribution is -0.143. The first-order valence-electron chi connectivity index (χ1n) is 6.89. The van der Waals surface area contributed by atoms with E-state index in [2.05, 4.69) is 10.3 Å². The highest BCUT2D eigenvalue weighted by molar-refractivity contribution is 5.92. The Morgan fingerprint density at radius 1 is 1.41 bits per heavy atom. The van der Waals surface area contributed by atoms with E-state index in [0.29, 0.717) is 13.0 Å². The monoisotopic (exact) mass is 316 g/mol. The number of nitrogens with two attached hydrogens (primary N) is 1. The second kappa shape index (κ2) is 6.87. The Hall–Kier alpha value is -1.96. The third-order valence-electron chi connectivity index (χ3n) is 3.33. The Bertz CT molecular complexity index is 516. The summed E-state index contributed by atoms with van der Waals surface area (Å²) >= 11 is 0. The number of guanidine groups is 1. The van der Waals surface area contributed by atoms with Crippen molar-refractivity contribution in [2.45, 2.75) is 18.6 Å². The zero-order chi connectivity index (χ0) is 16.2. The molecule has 1 aromatic rings. The van der Waals surface area contributed by atoms with Gasteiger partial charge in [-0.1, -0.05) is 0 Å². The van der Waals surface area contributed by atoms with Crippen LogP contribution in [-0.2, 0) is 0 Å². The molecule has 0 aliphatic carbocycles. The summed E-state index contributed by atoms with van der Waals surface area (Å²) in [5.41, 5.74) is 6.54. The molecule has 0 aromatic heterocycles. The molecule has 122 valence electrons. The summed E-state index contributed by atoms with van der Waals surface area (Å²) < 4.78 is 42.0. The zero-order valence-corrected chi connectivity index (χ0v) is 12.2. The molecule has 0 spiro atoms. The maximum atomic E-state index is 12.3. The molecule has 0 saturated carbocycles. The van der Waals surface area contributed by atoms with E-state index in [1.54, 1.807) is 31.4 Å². The van der Waals surface area contributed by atoms with E-state index in [1.165, 1.54) is 4.90 Å². The van der Waals surface area contributed by atoms with Crippen molar-refractivity contribution >= 4 is 11.6 Å². The highest BCUT2D eigenvalue weighted by Gasteiger charge is 2.34. The third kappa shape index (κ3) is 5.10. The minimum atomic E-state index is -4.18. The molecule has 1 aromatic carbocycles. The van der Waals surface area contributed by atoms with Gasteiger partial charge in [-0.25, -0.2) is 4.99 Å². The number of likely N-dealkylation sites (tertiary alicyclic amines) is 1. The van der Waals surface area contributed by atoms with Gasteiger partial charge in [0.15, 0.2) is 5.96 Å². The van der Waals surface area contributed by atoms with Crippen LogP contribution in [0.1, 0.15) is 6.42 Å². The summed E-state index contributed by atoms with van der Waals surface area (Å²) in [7, 11) is 1.57. The Kier molecular flexibility index (Phi) is 5.12. The summed E-state index contributed by atoms with van der Waals surface area (Å²) in [6, 6.07) is 6.90. The number of benzene rings is 1. The normalized spacial score (nSPS) is 20.2. The molecule has 0 amide bonds. The first-order valence-corrected chi connectivity index (χ1v) is 6.89. The molecule has 1 atom stereocenters. The quantitative estimate of drug-likeness (QED) is 0.659. The molecule has 0 radical (unpaired) electrons. The van der Waals surface area contributed by atoms with Gasteiger partial charge in [-0.05, 0) is 30.7 Å². The van der Waals surface area contributed by atoms with E-state index in [9.17, 15) is 13.2 Å². The molecule has 5 nitrogen and oxygen atoms in total. The average Bonchev–Trinajstić information content (AvgIpc) is 2.84. The van der Waals surface area contributed by atoms with Gasteiger partial charge in [-0.15, -0.1) is 0 Å². The van der Waals surface area contributed by atoms with Gasteiger partial charge in [-0.3, -0.25) is 4.90 Å². The number of nitrogens with one attached hydrogen (secondary N) is 1. The Labute approximate surface area is 127 Å². The van der Waals surface area contributed by atoms with E-state index in [0.717, 1.165) is 11.4 Å². The van der Waals surface area contributed by atoms with Gasteiger partial charge in [0.25, 0.3) is 0 Å². The van der Waals surface area contributed by atoms with Crippen LogP contribution in [0.3, 0.4) is 0 Å². The number of rotatable bonds is 4. The average molecular weight is 316 g/mol. The fourth-order valence-corrected chi connectivity index (χ4v) is 2.37. The second-order valence-electron chi connectivity index (χ2n) is 5.16. The van der Waals surface area contributed by atoms with Gasteiger partial charge in [0, 0.05) is 18.8 Å². The number of alkyl halides is 3. The van der Waals surface area contributed by atoms with Gasteiger partial charge in [0.2, 0.25) is 0 Å². The van der Waals surface area contributed by atoms with E-state index < -0.39 is 12.7 Å². The number of hydrogen-bond acceptors (Lipinski definition) is 3. The van der Waals surface area contributed by atoms with Crippen LogP contribution in [0, 0.1) is 0 Å². The molecule has 2 rings (SSSR count). The molecule has 1 fully saturated rings. The largest absolute Gasteiger partial charge is 0.497 e. The second-order valence-corrected chi connectivity index (χ2v) is 5.16. The van der Waals surface area contributed by atoms with Crippen LogP contribution in [0.15, 0.2) is 29.3 Å². The minimum Gasteiger partial charge on any atom is -0.497 e. The molecule has 1 saturated heterocycles. The third-order valence-corrected chi connectivity index (χ3v) is 3.33. The SMILES string of the molecule is COc1ccc(NC(N)=NC2CCN(CC(F)(F)F)C2)cc1. The van der Waals surface area contributed by atoms with Crippen LogP contribution < -0.4 is 15.8 Å². The van der Waals surface area contributed by atoms with Crippen LogP contribution in [-0.4, -0.2) is 49.8 Å². The lowest BCUT2D eigenvalue weighted by Crippen LogP contribution is -2.33. The van der Waals surface area contributed by atoms with Crippen molar-refractivity contribution in [2.75, 3.05) is 32.1 Å². The topological polar surface area (TPSA) is 62.9 Å². The number of halogens is 3. The molecule has 1 aliphatic heterocycles. The van der Waals surface area contributed by atoms with Crippen LogP contribution in [0.5, 0.6) is 5.75 Å². The Balaban J connectivity index is 1.87. The molecule has 3 N–H and O–H groups in total. The van der Waals surface area contributed by atoms with E-state index >= 15 is 0 Å². The number of hydrogen-bond donors (Lipinski definition) is 2. The Morgan fingerprint density at radius 3 is 2.68 bits per heavy atom. The Morgan fingerprint density at radius 2 is 2.09 bits per heavy atom. The van der Waals surface area contributed by atoms with Crippen LogP contribution in [0.2, 0.25) is 0 Å². The van der Waals surface area contributed by atoms with Gasteiger partial charge in [0.05, 0.1) is 19.7 Å². The minimum absolute atomic E-state index is 0.198. The van der Waals surface area contributed by atoms with Crippen molar-refractivity contribution in [2.24, 2.45) is 10.7 Å². The van der Waals surface area contributed by atoms with Crippen LogP contribution in [0.4, 0.5) is 18.9 Å². The van der Waals surface area contributed by atoms with Crippen molar-refractivity contribution < 1.29 is 17.9 Å². The zero-order valence-electron chi connectivity index (χ0n) is 12.2. The summed E-state index contributed by atoms with van der Waals surface area (Å²) in [5, 5.41) is 2.91. The molecule has 0 bridgehead atoms. The van der Waals surface area contributed by atoms with Crippen molar-refractivity contribution in [1.29, 1.82) is 0 Å². The lowest BCUT2D eigenvalue weighted by Gasteiger charge is -2.17. The summed E-state index contributed by atoms with van der Waals surface area (Å²) in [6.07, 6.45) is -3.60. The maximum Gasteiger partial charge on any atom is 0.401 e. The maximum absolute atomic E-state index is 12.3. The summed E-state index contributed by atoms with van der Waals surface area (Å²) in [6.45, 7) is -0.251. The van der Waals surface area contributed by atoms with Crippen molar-refractivity contribution in [3.8, 4) is 5.75 Å². The molecular weight excluding hydrogens is 297 g/mol. The summed E-state index contributed by atoms with van der Waals surface area (Å²) in [5.74, 6) is 0.920. The highest BCUT2D eigenvalue weighted by atomic mass is 19.4. The number of ether oxygens (including phenoxy) is 1. The van der Waals surface area contributed by atoms with Crippen molar-refractivity contribution in [1.82, 2.24) is 4.90 Å². The van der Waals surface area contributed by atoms with E-state index in [1.807, 2.05) is 0 Å². The summed E-state index contributed by atoms with van der Waals surface area (Å²) in [4.78, 5) is 5.58. The number of nitrogens with zero attached hydrogens (tertiary/aromatic N) is 2. The number of methoxy groups -OCH3 is 1. The lowest BCUT2D eigenvalue weighted by atomic mass is 10.3. The van der Waals surface area contributed by atoms with Crippen LogP contribution >= 0.6 is 0 Å².